The molecule has 0 saturated carbocycles. The highest BCUT2D eigenvalue weighted by molar-refractivity contribution is 7.89. The van der Waals surface area contributed by atoms with Gasteiger partial charge in [0.05, 0.1) is 0 Å². The molecule has 3 N–H and O–H groups in total. The Morgan fingerprint density at radius 1 is 1.45 bits per heavy atom. The number of sulfonamides is 1. The number of hydrogen-bond acceptors (Lipinski definition) is 4. The van der Waals surface area contributed by atoms with E-state index in [1.54, 1.807) is 7.05 Å². The average Bonchev–Trinajstić information content (AvgIpc) is 2.89. The number of nitrogens with one attached hydrogen (secondary N) is 1. The van der Waals surface area contributed by atoms with Crippen LogP contribution in [-0.2, 0) is 17.1 Å². The minimum atomic E-state index is -3.65. The Kier molecular flexibility index (Phi) is 4.93. The first-order valence-electron chi connectivity index (χ1n) is 7.45. The van der Waals surface area contributed by atoms with Gasteiger partial charge in [0.15, 0.2) is 0 Å². The smallest absolute Gasteiger partial charge is 0.267 e. The van der Waals surface area contributed by atoms with E-state index in [9.17, 15) is 13.2 Å². The molecule has 7 nitrogen and oxygen atoms in total. The van der Waals surface area contributed by atoms with Gasteiger partial charge in [-0.25, -0.2) is 8.42 Å². The number of amides is 1. The van der Waals surface area contributed by atoms with E-state index >= 15 is 0 Å². The van der Waals surface area contributed by atoms with Crippen molar-refractivity contribution in [2.24, 2.45) is 12.8 Å². The van der Waals surface area contributed by atoms with Crippen molar-refractivity contribution in [3.05, 3.63) is 18.0 Å². The molecule has 1 aromatic rings. The monoisotopic (exact) mass is 328 g/mol. The maximum absolute atomic E-state index is 12.9. The number of carbonyl (C=O) groups is 1. The van der Waals surface area contributed by atoms with Gasteiger partial charge in [-0.05, 0) is 25.8 Å². The van der Waals surface area contributed by atoms with Crippen molar-refractivity contribution >= 4 is 15.9 Å². The molecule has 1 aliphatic heterocycles. The SMILES string of the molecule is CNC(=O)c1cc(S(=O)(=O)N2CCCCC2C(C)N)cn1C. The van der Waals surface area contributed by atoms with Crippen LogP contribution < -0.4 is 11.1 Å². The topological polar surface area (TPSA) is 97.4 Å². The molecular weight excluding hydrogens is 304 g/mol. The third-order valence-electron chi connectivity index (χ3n) is 4.15. The molecule has 1 saturated heterocycles. The van der Waals surface area contributed by atoms with Gasteiger partial charge in [0, 0.05) is 38.9 Å². The Morgan fingerprint density at radius 3 is 2.73 bits per heavy atom. The van der Waals surface area contributed by atoms with Crippen molar-refractivity contribution in [2.45, 2.75) is 43.2 Å². The van der Waals surface area contributed by atoms with Crippen molar-refractivity contribution in [1.82, 2.24) is 14.2 Å². The molecule has 1 aromatic heterocycles. The zero-order valence-electron chi connectivity index (χ0n) is 13.2. The van der Waals surface area contributed by atoms with Gasteiger partial charge >= 0.3 is 0 Å². The van der Waals surface area contributed by atoms with E-state index in [0.717, 1.165) is 19.3 Å². The van der Waals surface area contributed by atoms with E-state index in [0.29, 0.717) is 12.2 Å². The molecular formula is C14H24N4O3S. The van der Waals surface area contributed by atoms with Crippen LogP contribution in [0.5, 0.6) is 0 Å². The number of rotatable bonds is 4. The van der Waals surface area contributed by atoms with Gasteiger partial charge in [0.25, 0.3) is 5.91 Å². The molecule has 8 heteroatoms. The summed E-state index contributed by atoms with van der Waals surface area (Å²) in [5, 5.41) is 2.51. The van der Waals surface area contributed by atoms with Crippen LogP contribution in [0.2, 0.25) is 0 Å². The molecule has 1 amide bonds. The summed E-state index contributed by atoms with van der Waals surface area (Å²) in [6.07, 6.45) is 4.06. The minimum absolute atomic E-state index is 0.140. The van der Waals surface area contributed by atoms with E-state index in [4.69, 9.17) is 5.73 Å². The predicted molar refractivity (Wildman–Crippen MR) is 84.0 cm³/mol. The first-order valence-corrected chi connectivity index (χ1v) is 8.89. The number of hydrogen-bond donors (Lipinski definition) is 2. The van der Waals surface area contributed by atoms with Crippen LogP contribution in [0.15, 0.2) is 17.2 Å². The van der Waals surface area contributed by atoms with E-state index in [1.165, 1.54) is 28.2 Å². The van der Waals surface area contributed by atoms with Crippen LogP contribution in [0, 0.1) is 0 Å². The van der Waals surface area contributed by atoms with Crippen molar-refractivity contribution < 1.29 is 13.2 Å². The van der Waals surface area contributed by atoms with Gasteiger partial charge in [-0.15, -0.1) is 0 Å². The second-order valence-corrected chi connectivity index (χ2v) is 7.68. The molecule has 0 radical (unpaired) electrons. The van der Waals surface area contributed by atoms with E-state index in [-0.39, 0.29) is 22.9 Å². The van der Waals surface area contributed by atoms with Gasteiger partial charge < -0.3 is 15.6 Å². The van der Waals surface area contributed by atoms with Crippen LogP contribution in [0.25, 0.3) is 0 Å². The summed E-state index contributed by atoms with van der Waals surface area (Å²) >= 11 is 0. The fourth-order valence-electron chi connectivity index (χ4n) is 2.92. The lowest BCUT2D eigenvalue weighted by molar-refractivity contribution is 0.0955. The summed E-state index contributed by atoms with van der Waals surface area (Å²) in [7, 11) is -0.477. The normalized spacial score (nSPS) is 21.5. The Bertz CT molecular complexity index is 651. The van der Waals surface area contributed by atoms with Gasteiger partial charge in [-0.1, -0.05) is 6.42 Å². The van der Waals surface area contributed by atoms with Crippen LogP contribution in [0.1, 0.15) is 36.7 Å². The third kappa shape index (κ3) is 3.04. The second-order valence-electron chi connectivity index (χ2n) is 5.79. The fourth-order valence-corrected chi connectivity index (χ4v) is 4.77. The minimum Gasteiger partial charge on any atom is -0.354 e. The quantitative estimate of drug-likeness (QED) is 0.829. The van der Waals surface area contributed by atoms with Crippen molar-refractivity contribution in [3.63, 3.8) is 0 Å². The Balaban J connectivity index is 2.39. The highest BCUT2D eigenvalue weighted by Gasteiger charge is 2.36. The number of piperidine rings is 1. The zero-order valence-corrected chi connectivity index (χ0v) is 14.1. The average molecular weight is 328 g/mol. The van der Waals surface area contributed by atoms with Gasteiger partial charge in [0.2, 0.25) is 10.0 Å². The standard InChI is InChI=1S/C14H24N4O3S/c1-10(15)12-6-4-5-7-18(12)22(20,21)11-8-13(14(19)16-2)17(3)9-11/h8-10,12H,4-7,15H2,1-3H3,(H,16,19). The Morgan fingerprint density at radius 2 is 2.14 bits per heavy atom. The lowest BCUT2D eigenvalue weighted by Gasteiger charge is -2.36. The molecule has 0 bridgehead atoms. The molecule has 2 unspecified atom stereocenters. The van der Waals surface area contributed by atoms with Crippen molar-refractivity contribution in [1.29, 1.82) is 0 Å². The van der Waals surface area contributed by atoms with Gasteiger partial charge in [-0.3, -0.25) is 4.79 Å². The summed E-state index contributed by atoms with van der Waals surface area (Å²) in [5.74, 6) is -0.314. The largest absolute Gasteiger partial charge is 0.354 e. The lowest BCUT2D eigenvalue weighted by Crippen LogP contribution is -2.51. The number of nitrogens with zero attached hydrogens (tertiary/aromatic N) is 2. The van der Waals surface area contributed by atoms with Crippen molar-refractivity contribution in [2.75, 3.05) is 13.6 Å². The number of carbonyl (C=O) groups excluding carboxylic acids is 1. The van der Waals surface area contributed by atoms with E-state index < -0.39 is 10.0 Å². The number of aromatic nitrogens is 1. The first-order chi connectivity index (χ1) is 10.3. The zero-order chi connectivity index (χ0) is 16.5. The predicted octanol–water partition coefficient (Wildman–Crippen LogP) is 0.275. The molecule has 2 heterocycles. The molecule has 2 rings (SSSR count). The molecule has 1 aliphatic rings. The maximum Gasteiger partial charge on any atom is 0.267 e. The van der Waals surface area contributed by atoms with E-state index in [2.05, 4.69) is 5.32 Å². The first kappa shape index (κ1) is 17.0. The second kappa shape index (κ2) is 6.39. The van der Waals surface area contributed by atoms with Gasteiger partial charge in [0.1, 0.15) is 10.6 Å². The molecule has 0 aliphatic carbocycles. The highest BCUT2D eigenvalue weighted by Crippen LogP contribution is 2.27. The molecule has 124 valence electrons. The lowest BCUT2D eigenvalue weighted by atomic mass is 10.00. The third-order valence-corrected chi connectivity index (χ3v) is 6.04. The molecule has 1 fully saturated rings. The van der Waals surface area contributed by atoms with Crippen LogP contribution in [-0.4, -0.2) is 48.9 Å². The maximum atomic E-state index is 12.9. The Labute approximate surface area is 131 Å². The number of nitrogens with two attached hydrogens (primary N) is 1. The molecule has 22 heavy (non-hydrogen) atoms. The summed E-state index contributed by atoms with van der Waals surface area (Å²) in [4.78, 5) is 11.9. The van der Waals surface area contributed by atoms with Gasteiger partial charge in [-0.2, -0.15) is 4.31 Å². The number of aryl methyl sites for hydroxylation is 1. The highest BCUT2D eigenvalue weighted by atomic mass is 32.2. The molecule has 2 atom stereocenters. The van der Waals surface area contributed by atoms with Crippen molar-refractivity contribution in [3.8, 4) is 0 Å². The summed E-state index contributed by atoms with van der Waals surface area (Å²) in [5.41, 5.74) is 6.28. The Hall–Kier alpha value is -1.38. The van der Waals surface area contributed by atoms with Crippen LogP contribution in [0.4, 0.5) is 0 Å². The summed E-state index contributed by atoms with van der Waals surface area (Å²) < 4.78 is 28.8. The summed E-state index contributed by atoms with van der Waals surface area (Å²) in [6.45, 7) is 2.30. The molecule has 0 spiro atoms. The fraction of sp³-hybridized carbons (Fsp3) is 0.643. The van der Waals surface area contributed by atoms with Crippen LogP contribution >= 0.6 is 0 Å². The molecule has 0 aromatic carbocycles. The van der Waals surface area contributed by atoms with E-state index in [1.807, 2.05) is 6.92 Å². The summed E-state index contributed by atoms with van der Waals surface area (Å²) in [6, 6.07) is 1.00. The van der Waals surface area contributed by atoms with Crippen LogP contribution in [0.3, 0.4) is 0 Å².